The van der Waals surface area contributed by atoms with Gasteiger partial charge in [0.05, 0.1) is 6.10 Å². The van der Waals surface area contributed by atoms with Crippen molar-refractivity contribution >= 4 is 18.0 Å². The SMILES string of the molecule is CCC(C)OC(=O)Cn1cccc1/C=C/C(=O)O. The molecular weight excluding hydrogens is 234 g/mol. The molecule has 0 amide bonds. The summed E-state index contributed by atoms with van der Waals surface area (Å²) in [4.78, 5) is 22.0. The summed E-state index contributed by atoms with van der Waals surface area (Å²) in [7, 11) is 0. The zero-order valence-corrected chi connectivity index (χ0v) is 10.5. The topological polar surface area (TPSA) is 68.5 Å². The van der Waals surface area contributed by atoms with Crippen molar-refractivity contribution in [2.45, 2.75) is 32.9 Å². The van der Waals surface area contributed by atoms with E-state index < -0.39 is 5.97 Å². The van der Waals surface area contributed by atoms with Crippen LogP contribution in [-0.2, 0) is 20.9 Å². The number of carboxylic acid groups (broad SMARTS) is 1. The molecule has 1 aromatic rings. The van der Waals surface area contributed by atoms with E-state index in [0.717, 1.165) is 12.5 Å². The number of carboxylic acids is 1. The molecule has 0 bridgehead atoms. The van der Waals surface area contributed by atoms with E-state index in [2.05, 4.69) is 0 Å². The van der Waals surface area contributed by atoms with E-state index in [4.69, 9.17) is 9.84 Å². The molecule has 0 aliphatic rings. The molecule has 5 heteroatoms. The number of carbonyl (C=O) groups excluding carboxylic acids is 1. The monoisotopic (exact) mass is 251 g/mol. The molecule has 1 atom stereocenters. The number of hydrogen-bond acceptors (Lipinski definition) is 3. The van der Waals surface area contributed by atoms with Crippen LogP contribution in [0, 0.1) is 0 Å². The highest BCUT2D eigenvalue weighted by Crippen LogP contribution is 2.06. The maximum Gasteiger partial charge on any atom is 0.328 e. The predicted molar refractivity (Wildman–Crippen MR) is 66.9 cm³/mol. The number of aliphatic carboxylic acids is 1. The molecule has 1 aromatic heterocycles. The Morgan fingerprint density at radius 1 is 1.56 bits per heavy atom. The summed E-state index contributed by atoms with van der Waals surface area (Å²) < 4.78 is 6.80. The fourth-order valence-corrected chi connectivity index (χ4v) is 1.36. The van der Waals surface area contributed by atoms with Gasteiger partial charge < -0.3 is 14.4 Å². The third kappa shape index (κ3) is 4.45. The van der Waals surface area contributed by atoms with Crippen LogP contribution in [-0.4, -0.2) is 27.7 Å². The van der Waals surface area contributed by atoms with E-state index in [1.807, 2.05) is 13.8 Å². The van der Waals surface area contributed by atoms with Crippen molar-refractivity contribution in [1.29, 1.82) is 0 Å². The number of ether oxygens (including phenoxy) is 1. The maximum absolute atomic E-state index is 11.6. The number of carbonyl (C=O) groups is 2. The van der Waals surface area contributed by atoms with Crippen molar-refractivity contribution in [3.8, 4) is 0 Å². The van der Waals surface area contributed by atoms with Crippen molar-refractivity contribution in [3.05, 3.63) is 30.1 Å². The van der Waals surface area contributed by atoms with Crippen molar-refractivity contribution in [2.75, 3.05) is 0 Å². The fraction of sp³-hybridized carbons (Fsp3) is 0.385. The Morgan fingerprint density at radius 2 is 2.28 bits per heavy atom. The summed E-state index contributed by atoms with van der Waals surface area (Å²) >= 11 is 0. The second-order valence-corrected chi connectivity index (χ2v) is 3.94. The van der Waals surface area contributed by atoms with Crippen LogP contribution in [0.3, 0.4) is 0 Å². The van der Waals surface area contributed by atoms with Gasteiger partial charge in [-0.3, -0.25) is 4.79 Å². The minimum Gasteiger partial charge on any atom is -0.478 e. The van der Waals surface area contributed by atoms with Crippen molar-refractivity contribution in [1.82, 2.24) is 4.57 Å². The van der Waals surface area contributed by atoms with Crippen molar-refractivity contribution < 1.29 is 19.4 Å². The highest BCUT2D eigenvalue weighted by atomic mass is 16.5. The second-order valence-electron chi connectivity index (χ2n) is 3.94. The lowest BCUT2D eigenvalue weighted by Gasteiger charge is -2.12. The Hall–Kier alpha value is -2.04. The molecule has 1 rings (SSSR count). The standard InChI is InChI=1S/C13H17NO4/c1-3-10(2)18-13(17)9-14-8-4-5-11(14)6-7-12(15)16/h4-8,10H,3,9H2,1-2H3,(H,15,16)/b7-6+. The molecule has 98 valence electrons. The summed E-state index contributed by atoms with van der Waals surface area (Å²) in [5, 5.41) is 8.55. The maximum atomic E-state index is 11.6. The zero-order valence-electron chi connectivity index (χ0n) is 10.5. The lowest BCUT2D eigenvalue weighted by molar-refractivity contribution is -0.149. The zero-order chi connectivity index (χ0) is 13.5. The normalized spacial score (nSPS) is 12.6. The fourth-order valence-electron chi connectivity index (χ4n) is 1.36. The van der Waals surface area contributed by atoms with Crippen LogP contribution in [0.5, 0.6) is 0 Å². The number of rotatable bonds is 6. The van der Waals surface area contributed by atoms with Gasteiger partial charge in [-0.25, -0.2) is 4.79 Å². The smallest absolute Gasteiger partial charge is 0.328 e. The van der Waals surface area contributed by atoms with Gasteiger partial charge in [0.25, 0.3) is 0 Å². The summed E-state index contributed by atoms with van der Waals surface area (Å²) in [5.41, 5.74) is 0.651. The van der Waals surface area contributed by atoms with Crippen LogP contribution in [0.4, 0.5) is 0 Å². The number of esters is 1. The number of hydrogen-bond donors (Lipinski definition) is 1. The van der Waals surface area contributed by atoms with E-state index in [9.17, 15) is 9.59 Å². The lowest BCUT2D eigenvalue weighted by Crippen LogP contribution is -2.19. The summed E-state index contributed by atoms with van der Waals surface area (Å²) in [6, 6.07) is 3.48. The molecule has 18 heavy (non-hydrogen) atoms. The Morgan fingerprint density at radius 3 is 2.89 bits per heavy atom. The van der Waals surface area contributed by atoms with Gasteiger partial charge in [0, 0.05) is 18.0 Å². The number of aromatic nitrogens is 1. The average Bonchev–Trinajstić information content (AvgIpc) is 2.73. The molecule has 0 saturated carbocycles. The number of nitrogens with zero attached hydrogens (tertiary/aromatic N) is 1. The Bertz CT molecular complexity index is 448. The molecule has 1 N–H and O–H groups in total. The van der Waals surface area contributed by atoms with Gasteiger partial charge in [0.15, 0.2) is 0 Å². The molecule has 1 unspecified atom stereocenters. The summed E-state index contributed by atoms with van der Waals surface area (Å²) in [6.07, 6.45) is 4.85. The van der Waals surface area contributed by atoms with Crippen molar-refractivity contribution in [2.24, 2.45) is 0 Å². The van der Waals surface area contributed by atoms with Gasteiger partial charge in [0.2, 0.25) is 0 Å². The highest BCUT2D eigenvalue weighted by Gasteiger charge is 2.09. The molecule has 0 aliphatic heterocycles. The summed E-state index contributed by atoms with van der Waals surface area (Å²) in [5.74, 6) is -1.35. The van der Waals surface area contributed by atoms with Gasteiger partial charge in [-0.15, -0.1) is 0 Å². The second kappa shape index (κ2) is 6.64. The van der Waals surface area contributed by atoms with Crippen molar-refractivity contribution in [3.63, 3.8) is 0 Å². The van der Waals surface area contributed by atoms with E-state index in [-0.39, 0.29) is 18.6 Å². The van der Waals surface area contributed by atoms with Crippen LogP contribution in [0.25, 0.3) is 6.08 Å². The Balaban J connectivity index is 2.65. The average molecular weight is 251 g/mol. The van der Waals surface area contributed by atoms with E-state index in [1.165, 1.54) is 6.08 Å². The van der Waals surface area contributed by atoms with Gasteiger partial charge in [-0.2, -0.15) is 0 Å². The largest absolute Gasteiger partial charge is 0.478 e. The van der Waals surface area contributed by atoms with E-state index in [0.29, 0.717) is 5.69 Å². The first kappa shape index (κ1) is 14.0. The Labute approximate surface area is 106 Å². The van der Waals surface area contributed by atoms with Crippen LogP contribution in [0.1, 0.15) is 26.0 Å². The first-order chi connectivity index (χ1) is 8.52. The minimum atomic E-state index is -1.02. The van der Waals surface area contributed by atoms with E-state index in [1.54, 1.807) is 22.9 Å². The highest BCUT2D eigenvalue weighted by molar-refractivity contribution is 5.85. The Kier molecular flexibility index (Phi) is 5.17. The molecule has 0 spiro atoms. The van der Waals surface area contributed by atoms with Gasteiger partial charge in [-0.1, -0.05) is 6.92 Å². The minimum absolute atomic E-state index is 0.0800. The van der Waals surface area contributed by atoms with Gasteiger partial charge in [-0.05, 0) is 31.6 Å². The van der Waals surface area contributed by atoms with Gasteiger partial charge in [0.1, 0.15) is 6.54 Å². The molecule has 5 nitrogen and oxygen atoms in total. The quantitative estimate of drug-likeness (QED) is 0.619. The molecule has 0 radical (unpaired) electrons. The van der Waals surface area contributed by atoms with Crippen LogP contribution >= 0.6 is 0 Å². The van der Waals surface area contributed by atoms with Crippen LogP contribution in [0.2, 0.25) is 0 Å². The molecule has 0 aliphatic carbocycles. The molecule has 0 aromatic carbocycles. The lowest BCUT2D eigenvalue weighted by atomic mass is 10.3. The third-order valence-electron chi connectivity index (χ3n) is 2.47. The van der Waals surface area contributed by atoms with E-state index >= 15 is 0 Å². The summed E-state index contributed by atoms with van der Waals surface area (Å²) in [6.45, 7) is 3.85. The van der Waals surface area contributed by atoms with Gasteiger partial charge >= 0.3 is 11.9 Å². The predicted octanol–water partition coefficient (Wildman–Crippen LogP) is 1.93. The molecule has 0 saturated heterocycles. The molecule has 1 heterocycles. The van der Waals surface area contributed by atoms with Crippen LogP contribution in [0.15, 0.2) is 24.4 Å². The first-order valence-electron chi connectivity index (χ1n) is 5.78. The molecule has 0 fully saturated rings. The van der Waals surface area contributed by atoms with Crippen LogP contribution < -0.4 is 0 Å². The molecular formula is C13H17NO4. The first-order valence-corrected chi connectivity index (χ1v) is 5.78. The third-order valence-corrected chi connectivity index (χ3v) is 2.47.